The zero-order chi connectivity index (χ0) is 13.2. The number of hydrogen-bond donors (Lipinski definition) is 1. The standard InChI is InChI=1S/C13H16Cl2N2O/c1-17(9-13(15)5-6-13)8-12(18)16-11-4-2-3-10(14)7-11/h2-4,7H,5-6,8-9H2,1H3,(H,16,18). The first kappa shape index (κ1) is 13.7. The van der Waals surface area contributed by atoms with E-state index in [0.29, 0.717) is 17.3 Å². The maximum absolute atomic E-state index is 11.8. The summed E-state index contributed by atoms with van der Waals surface area (Å²) in [6.07, 6.45) is 2.07. The van der Waals surface area contributed by atoms with Gasteiger partial charge in [0.2, 0.25) is 5.91 Å². The van der Waals surface area contributed by atoms with Crippen molar-refractivity contribution in [2.75, 3.05) is 25.5 Å². The van der Waals surface area contributed by atoms with Crippen LogP contribution < -0.4 is 5.32 Å². The summed E-state index contributed by atoms with van der Waals surface area (Å²) >= 11 is 12.1. The van der Waals surface area contributed by atoms with Crippen molar-refractivity contribution in [1.82, 2.24) is 4.90 Å². The lowest BCUT2D eigenvalue weighted by Gasteiger charge is -2.18. The number of hydrogen-bond acceptors (Lipinski definition) is 2. The van der Waals surface area contributed by atoms with Gasteiger partial charge in [-0.1, -0.05) is 17.7 Å². The number of anilines is 1. The van der Waals surface area contributed by atoms with Crippen LogP contribution >= 0.6 is 23.2 Å². The van der Waals surface area contributed by atoms with Crippen molar-refractivity contribution in [3.05, 3.63) is 29.3 Å². The fourth-order valence-electron chi connectivity index (χ4n) is 1.85. The Hall–Kier alpha value is -0.770. The van der Waals surface area contributed by atoms with Crippen LogP contribution in [0.15, 0.2) is 24.3 Å². The first-order chi connectivity index (χ1) is 8.47. The van der Waals surface area contributed by atoms with E-state index in [1.807, 2.05) is 18.0 Å². The number of carbonyl (C=O) groups is 1. The maximum Gasteiger partial charge on any atom is 0.238 e. The Labute approximate surface area is 117 Å². The maximum atomic E-state index is 11.8. The molecule has 1 saturated carbocycles. The zero-order valence-corrected chi connectivity index (χ0v) is 11.8. The molecule has 5 heteroatoms. The average Bonchev–Trinajstić information content (AvgIpc) is 2.94. The second kappa shape index (κ2) is 5.47. The SMILES string of the molecule is CN(CC(=O)Nc1cccc(Cl)c1)CC1(Cl)CC1. The summed E-state index contributed by atoms with van der Waals surface area (Å²) in [4.78, 5) is 13.7. The van der Waals surface area contributed by atoms with Gasteiger partial charge in [0.05, 0.1) is 11.4 Å². The van der Waals surface area contributed by atoms with Crippen molar-refractivity contribution in [2.45, 2.75) is 17.7 Å². The fourth-order valence-corrected chi connectivity index (χ4v) is 2.33. The molecule has 0 spiro atoms. The molecule has 1 aliphatic carbocycles. The van der Waals surface area contributed by atoms with Crippen LogP contribution in [0.25, 0.3) is 0 Å². The molecule has 0 heterocycles. The summed E-state index contributed by atoms with van der Waals surface area (Å²) in [5.74, 6) is -0.0549. The summed E-state index contributed by atoms with van der Waals surface area (Å²) < 4.78 is 0. The van der Waals surface area contributed by atoms with Gasteiger partial charge < -0.3 is 5.32 Å². The summed E-state index contributed by atoms with van der Waals surface area (Å²) in [6.45, 7) is 1.08. The number of nitrogens with zero attached hydrogens (tertiary/aromatic N) is 1. The van der Waals surface area contributed by atoms with Gasteiger partial charge in [-0.2, -0.15) is 0 Å². The van der Waals surface area contributed by atoms with E-state index in [9.17, 15) is 4.79 Å². The Balaban J connectivity index is 1.81. The van der Waals surface area contributed by atoms with Crippen LogP contribution in [0.1, 0.15) is 12.8 Å². The minimum atomic E-state index is -0.0922. The third kappa shape index (κ3) is 4.16. The van der Waals surface area contributed by atoms with E-state index in [4.69, 9.17) is 23.2 Å². The third-order valence-electron chi connectivity index (χ3n) is 2.87. The Morgan fingerprint density at radius 2 is 2.22 bits per heavy atom. The Morgan fingerprint density at radius 1 is 1.50 bits per heavy atom. The number of alkyl halides is 1. The molecular weight excluding hydrogens is 271 g/mol. The number of likely N-dealkylation sites (N-methyl/N-ethyl adjacent to an activating group) is 1. The average molecular weight is 287 g/mol. The predicted octanol–water partition coefficient (Wildman–Crippen LogP) is 2.98. The van der Waals surface area contributed by atoms with Gasteiger partial charge in [-0.05, 0) is 38.1 Å². The number of amides is 1. The van der Waals surface area contributed by atoms with Gasteiger partial charge in [-0.15, -0.1) is 11.6 Å². The number of nitrogens with one attached hydrogen (secondary N) is 1. The minimum Gasteiger partial charge on any atom is -0.325 e. The molecule has 1 N–H and O–H groups in total. The largest absolute Gasteiger partial charge is 0.325 e. The molecule has 0 bridgehead atoms. The first-order valence-electron chi connectivity index (χ1n) is 5.90. The smallest absolute Gasteiger partial charge is 0.238 e. The van der Waals surface area contributed by atoms with Gasteiger partial charge >= 0.3 is 0 Å². The molecule has 1 aliphatic rings. The molecule has 0 atom stereocenters. The molecular formula is C13H16Cl2N2O. The predicted molar refractivity (Wildman–Crippen MR) is 75.4 cm³/mol. The molecule has 1 fully saturated rings. The summed E-state index contributed by atoms with van der Waals surface area (Å²) in [5, 5.41) is 3.42. The molecule has 2 rings (SSSR count). The second-order valence-electron chi connectivity index (χ2n) is 4.88. The van der Waals surface area contributed by atoms with Crippen LogP contribution in [-0.2, 0) is 4.79 Å². The van der Waals surface area contributed by atoms with Crippen LogP contribution in [0.2, 0.25) is 5.02 Å². The lowest BCUT2D eigenvalue weighted by atomic mass is 10.3. The van der Waals surface area contributed by atoms with E-state index >= 15 is 0 Å². The quantitative estimate of drug-likeness (QED) is 0.844. The van der Waals surface area contributed by atoms with E-state index < -0.39 is 0 Å². The van der Waals surface area contributed by atoms with E-state index in [1.54, 1.807) is 18.2 Å². The molecule has 0 aromatic heterocycles. The van der Waals surface area contributed by atoms with Gasteiger partial charge in [0.15, 0.2) is 0 Å². The second-order valence-corrected chi connectivity index (χ2v) is 6.12. The van der Waals surface area contributed by atoms with Crippen molar-refractivity contribution in [2.24, 2.45) is 0 Å². The fraction of sp³-hybridized carbons (Fsp3) is 0.462. The molecule has 98 valence electrons. The van der Waals surface area contributed by atoms with Crippen LogP contribution in [0.4, 0.5) is 5.69 Å². The van der Waals surface area contributed by atoms with Gasteiger partial charge in [-0.25, -0.2) is 0 Å². The van der Waals surface area contributed by atoms with Crippen molar-refractivity contribution >= 4 is 34.8 Å². The van der Waals surface area contributed by atoms with Gasteiger partial charge in [-0.3, -0.25) is 9.69 Å². The Morgan fingerprint density at radius 3 is 2.83 bits per heavy atom. The van der Waals surface area contributed by atoms with Crippen molar-refractivity contribution < 1.29 is 4.79 Å². The van der Waals surface area contributed by atoms with Crippen molar-refractivity contribution in [1.29, 1.82) is 0 Å². The van der Waals surface area contributed by atoms with Crippen molar-refractivity contribution in [3.63, 3.8) is 0 Å². The molecule has 18 heavy (non-hydrogen) atoms. The van der Waals surface area contributed by atoms with Gasteiger partial charge in [0.1, 0.15) is 0 Å². The van der Waals surface area contributed by atoms with E-state index in [-0.39, 0.29) is 10.8 Å². The van der Waals surface area contributed by atoms with Crippen LogP contribution in [0, 0.1) is 0 Å². The summed E-state index contributed by atoms with van der Waals surface area (Å²) in [6, 6.07) is 7.12. The van der Waals surface area contributed by atoms with Gasteiger partial charge in [0.25, 0.3) is 0 Å². The molecule has 0 saturated heterocycles. The Kier molecular flexibility index (Phi) is 4.15. The molecule has 1 aromatic rings. The van der Waals surface area contributed by atoms with Crippen LogP contribution in [0.3, 0.4) is 0 Å². The topological polar surface area (TPSA) is 32.3 Å². The number of halogens is 2. The van der Waals surface area contributed by atoms with Crippen LogP contribution in [0.5, 0.6) is 0 Å². The normalized spacial score (nSPS) is 16.7. The molecule has 0 unspecified atom stereocenters. The lowest BCUT2D eigenvalue weighted by Crippen LogP contribution is -2.34. The number of carbonyl (C=O) groups excluding carboxylic acids is 1. The third-order valence-corrected chi connectivity index (χ3v) is 3.60. The highest BCUT2D eigenvalue weighted by Gasteiger charge is 2.41. The molecule has 0 radical (unpaired) electrons. The Bertz CT molecular complexity index is 446. The van der Waals surface area contributed by atoms with E-state index in [0.717, 1.165) is 19.4 Å². The molecule has 1 aromatic carbocycles. The lowest BCUT2D eigenvalue weighted by molar-refractivity contribution is -0.117. The summed E-state index contributed by atoms with van der Waals surface area (Å²) in [5.41, 5.74) is 0.716. The first-order valence-corrected chi connectivity index (χ1v) is 6.65. The molecule has 1 amide bonds. The highest BCUT2D eigenvalue weighted by molar-refractivity contribution is 6.30. The highest BCUT2D eigenvalue weighted by Crippen LogP contribution is 2.42. The van der Waals surface area contributed by atoms with Crippen LogP contribution in [-0.4, -0.2) is 35.8 Å². The zero-order valence-electron chi connectivity index (χ0n) is 10.2. The van der Waals surface area contributed by atoms with E-state index in [2.05, 4.69) is 5.32 Å². The van der Waals surface area contributed by atoms with Crippen molar-refractivity contribution in [3.8, 4) is 0 Å². The highest BCUT2D eigenvalue weighted by atomic mass is 35.5. The number of rotatable bonds is 5. The minimum absolute atomic E-state index is 0.0549. The molecule has 0 aliphatic heterocycles. The van der Waals surface area contributed by atoms with Gasteiger partial charge in [0, 0.05) is 17.3 Å². The molecule has 3 nitrogen and oxygen atoms in total. The number of benzene rings is 1. The monoisotopic (exact) mass is 286 g/mol. The van der Waals surface area contributed by atoms with E-state index in [1.165, 1.54) is 0 Å². The summed E-state index contributed by atoms with van der Waals surface area (Å²) in [7, 11) is 1.90.